The highest BCUT2D eigenvalue weighted by Crippen LogP contribution is 2.24. The van der Waals surface area contributed by atoms with E-state index in [4.69, 9.17) is 0 Å². The second-order valence-electron chi connectivity index (χ2n) is 7.58. The third kappa shape index (κ3) is 3.79. The smallest absolute Gasteiger partial charge is 0.291 e. The highest BCUT2D eigenvalue weighted by molar-refractivity contribution is 6.03. The molecule has 148 valence electrons. The van der Waals surface area contributed by atoms with Crippen LogP contribution in [0, 0.1) is 5.82 Å². The van der Waals surface area contributed by atoms with Crippen molar-refractivity contribution in [2.45, 2.75) is 64.0 Å². The second-order valence-corrected chi connectivity index (χ2v) is 7.58. The van der Waals surface area contributed by atoms with Gasteiger partial charge in [-0.2, -0.15) is 0 Å². The van der Waals surface area contributed by atoms with E-state index in [1.165, 1.54) is 18.6 Å². The Morgan fingerprint density at radius 3 is 2.61 bits per heavy atom. The third-order valence-electron chi connectivity index (χ3n) is 5.60. The molecule has 0 bridgehead atoms. The largest absolute Gasteiger partial charge is 0.348 e. The fourth-order valence-corrected chi connectivity index (χ4v) is 4.14. The number of nitrogens with one attached hydrogen (secondary N) is 2. The Kier molecular flexibility index (Phi) is 5.41. The number of aromatic nitrogens is 2. The van der Waals surface area contributed by atoms with Crippen molar-refractivity contribution < 1.29 is 14.0 Å². The number of halogens is 1. The molecule has 0 saturated heterocycles. The average Bonchev–Trinajstić information content (AvgIpc) is 3.10. The van der Waals surface area contributed by atoms with Crippen LogP contribution in [0.5, 0.6) is 0 Å². The van der Waals surface area contributed by atoms with Crippen LogP contribution in [0.2, 0.25) is 0 Å². The minimum atomic E-state index is -0.503. The molecule has 1 fully saturated rings. The lowest BCUT2D eigenvalue weighted by Gasteiger charge is -2.23. The monoisotopic (exact) mass is 384 g/mol. The molecule has 1 aliphatic heterocycles. The van der Waals surface area contributed by atoms with Crippen LogP contribution >= 0.6 is 0 Å². The van der Waals surface area contributed by atoms with E-state index in [9.17, 15) is 14.0 Å². The number of carbonyl (C=O) groups excluding carboxylic acids is 2. The van der Waals surface area contributed by atoms with Crippen LogP contribution in [0.1, 0.15) is 71.7 Å². The quantitative estimate of drug-likeness (QED) is 0.844. The number of hydrogen-bond acceptors (Lipinski definition) is 3. The molecule has 0 spiro atoms. The minimum Gasteiger partial charge on any atom is -0.348 e. The van der Waals surface area contributed by atoms with Crippen LogP contribution in [0.3, 0.4) is 0 Å². The Balaban J connectivity index is 1.58. The first-order valence-electron chi connectivity index (χ1n) is 10.1. The van der Waals surface area contributed by atoms with E-state index in [0.29, 0.717) is 18.7 Å². The standard InChI is InChI=1S/C21H25FN4O2/c22-15-10-4-5-11-16(15)24-21(28)19-25-18(17-12-6-7-13-26(17)19)20(27)23-14-8-2-1-3-9-14/h4-5,10-11,14H,1-3,6-9,12-13H2,(H,23,27)(H,24,28). The number of benzene rings is 1. The third-order valence-corrected chi connectivity index (χ3v) is 5.60. The number of amides is 2. The molecule has 2 aliphatic rings. The molecule has 2 N–H and O–H groups in total. The Hall–Kier alpha value is -2.70. The fourth-order valence-electron chi connectivity index (χ4n) is 4.14. The molecule has 1 aromatic carbocycles. The summed E-state index contributed by atoms with van der Waals surface area (Å²) < 4.78 is 15.7. The zero-order chi connectivity index (χ0) is 19.5. The molecule has 2 heterocycles. The van der Waals surface area contributed by atoms with Crippen molar-refractivity contribution in [3.63, 3.8) is 0 Å². The Labute approximate surface area is 163 Å². The molecule has 4 rings (SSSR count). The van der Waals surface area contributed by atoms with E-state index in [0.717, 1.165) is 44.2 Å². The summed E-state index contributed by atoms with van der Waals surface area (Å²) in [6.45, 7) is 0.638. The minimum absolute atomic E-state index is 0.105. The van der Waals surface area contributed by atoms with Gasteiger partial charge in [0.15, 0.2) is 5.82 Å². The van der Waals surface area contributed by atoms with Gasteiger partial charge in [-0.15, -0.1) is 0 Å². The molecule has 0 radical (unpaired) electrons. The van der Waals surface area contributed by atoms with E-state index < -0.39 is 11.7 Å². The van der Waals surface area contributed by atoms with Crippen LogP contribution in [-0.2, 0) is 13.0 Å². The summed E-state index contributed by atoms with van der Waals surface area (Å²) in [4.78, 5) is 30.0. The van der Waals surface area contributed by atoms with Crippen LogP contribution < -0.4 is 10.6 Å². The molecule has 0 atom stereocenters. The summed E-state index contributed by atoms with van der Waals surface area (Å²) in [5.41, 5.74) is 1.25. The van der Waals surface area contributed by atoms with Crippen molar-refractivity contribution in [2.75, 3.05) is 5.32 Å². The van der Waals surface area contributed by atoms with Gasteiger partial charge in [0.25, 0.3) is 11.8 Å². The molecule has 1 saturated carbocycles. The van der Waals surface area contributed by atoms with Crippen molar-refractivity contribution in [2.24, 2.45) is 0 Å². The van der Waals surface area contributed by atoms with Gasteiger partial charge in [0.2, 0.25) is 0 Å². The zero-order valence-corrected chi connectivity index (χ0v) is 15.8. The molecule has 2 aromatic rings. The fraction of sp³-hybridized carbons (Fsp3) is 0.476. The molecule has 1 aliphatic carbocycles. The number of imidazole rings is 1. The first kappa shape index (κ1) is 18.7. The summed E-state index contributed by atoms with van der Waals surface area (Å²) in [6.07, 6.45) is 8.05. The zero-order valence-electron chi connectivity index (χ0n) is 15.8. The van der Waals surface area contributed by atoms with Gasteiger partial charge in [0.1, 0.15) is 11.5 Å². The van der Waals surface area contributed by atoms with Gasteiger partial charge in [-0.1, -0.05) is 31.4 Å². The van der Waals surface area contributed by atoms with Crippen LogP contribution in [-0.4, -0.2) is 27.4 Å². The summed E-state index contributed by atoms with van der Waals surface area (Å²) >= 11 is 0. The van der Waals surface area contributed by atoms with E-state index in [1.54, 1.807) is 12.1 Å². The van der Waals surface area contributed by atoms with Crippen molar-refractivity contribution in [1.29, 1.82) is 0 Å². The average molecular weight is 384 g/mol. The number of rotatable bonds is 4. The summed E-state index contributed by atoms with van der Waals surface area (Å²) in [7, 11) is 0. The summed E-state index contributed by atoms with van der Waals surface area (Å²) in [5, 5.41) is 5.67. The SMILES string of the molecule is O=C(NC1CCCCC1)c1nc(C(=O)Nc2ccccc2F)n2c1CCCC2. The highest BCUT2D eigenvalue weighted by Gasteiger charge is 2.29. The summed E-state index contributed by atoms with van der Waals surface area (Å²) in [6, 6.07) is 6.19. The first-order chi connectivity index (χ1) is 13.6. The predicted octanol–water partition coefficient (Wildman–Crippen LogP) is 3.67. The van der Waals surface area contributed by atoms with E-state index >= 15 is 0 Å². The predicted molar refractivity (Wildman–Crippen MR) is 104 cm³/mol. The lowest BCUT2D eigenvalue weighted by atomic mass is 9.95. The number of nitrogens with zero attached hydrogens (tertiary/aromatic N) is 2. The molecular weight excluding hydrogens is 359 g/mol. The van der Waals surface area contributed by atoms with Crippen LogP contribution in [0.15, 0.2) is 24.3 Å². The lowest BCUT2D eigenvalue weighted by Crippen LogP contribution is -2.37. The van der Waals surface area contributed by atoms with Crippen LogP contribution in [0.25, 0.3) is 0 Å². The molecule has 6 nitrogen and oxygen atoms in total. The summed E-state index contributed by atoms with van der Waals surface area (Å²) in [5.74, 6) is -1.03. The van der Waals surface area contributed by atoms with E-state index in [2.05, 4.69) is 15.6 Å². The number of hydrogen-bond donors (Lipinski definition) is 2. The van der Waals surface area contributed by atoms with Crippen molar-refractivity contribution >= 4 is 17.5 Å². The molecular formula is C21H25FN4O2. The lowest BCUT2D eigenvalue weighted by molar-refractivity contribution is 0.0921. The van der Waals surface area contributed by atoms with Crippen molar-refractivity contribution in [3.8, 4) is 0 Å². The van der Waals surface area contributed by atoms with Crippen molar-refractivity contribution in [3.05, 3.63) is 47.3 Å². The van der Waals surface area contributed by atoms with Crippen LogP contribution in [0.4, 0.5) is 10.1 Å². The number of carbonyl (C=O) groups is 2. The van der Waals surface area contributed by atoms with Gasteiger partial charge in [-0.3, -0.25) is 9.59 Å². The van der Waals surface area contributed by atoms with E-state index in [1.807, 2.05) is 4.57 Å². The van der Waals surface area contributed by atoms with Gasteiger partial charge in [-0.25, -0.2) is 9.37 Å². The molecule has 2 amide bonds. The Morgan fingerprint density at radius 1 is 1.04 bits per heavy atom. The first-order valence-corrected chi connectivity index (χ1v) is 10.1. The Morgan fingerprint density at radius 2 is 1.82 bits per heavy atom. The van der Waals surface area contributed by atoms with Gasteiger partial charge in [0, 0.05) is 12.6 Å². The maximum atomic E-state index is 13.9. The van der Waals surface area contributed by atoms with E-state index in [-0.39, 0.29) is 23.5 Å². The number of para-hydroxylation sites is 1. The Bertz CT molecular complexity index is 887. The topological polar surface area (TPSA) is 76.0 Å². The highest BCUT2D eigenvalue weighted by atomic mass is 19.1. The van der Waals surface area contributed by atoms with Gasteiger partial charge in [0.05, 0.1) is 11.4 Å². The van der Waals surface area contributed by atoms with Gasteiger partial charge >= 0.3 is 0 Å². The van der Waals surface area contributed by atoms with Gasteiger partial charge in [-0.05, 0) is 44.2 Å². The number of anilines is 1. The maximum absolute atomic E-state index is 13.9. The molecule has 28 heavy (non-hydrogen) atoms. The second kappa shape index (κ2) is 8.12. The molecule has 0 unspecified atom stereocenters. The van der Waals surface area contributed by atoms with Crippen molar-refractivity contribution in [1.82, 2.24) is 14.9 Å². The molecule has 1 aromatic heterocycles. The normalized spacial score (nSPS) is 17.0. The molecule has 7 heteroatoms. The number of fused-ring (bicyclic) bond motifs is 1. The maximum Gasteiger partial charge on any atom is 0.291 e. The van der Waals surface area contributed by atoms with Gasteiger partial charge < -0.3 is 15.2 Å².